The van der Waals surface area contributed by atoms with Crippen LogP contribution in [-0.4, -0.2) is 32.8 Å². The van der Waals surface area contributed by atoms with E-state index in [0.717, 1.165) is 11.3 Å². The normalized spacial score (nSPS) is 14.9. The van der Waals surface area contributed by atoms with Crippen LogP contribution in [0.5, 0.6) is 5.75 Å². The van der Waals surface area contributed by atoms with Gasteiger partial charge in [0, 0.05) is 23.1 Å². The van der Waals surface area contributed by atoms with E-state index in [1.54, 1.807) is 18.0 Å². The molecule has 2 aromatic carbocycles. The maximum atomic E-state index is 13.4. The largest absolute Gasteiger partial charge is 0.497 e. The number of allylic oxidation sites excluding steroid dienone is 1. The molecule has 8 nitrogen and oxygen atoms in total. The van der Waals surface area contributed by atoms with Crippen molar-refractivity contribution >= 4 is 17.5 Å². The lowest BCUT2D eigenvalue weighted by Crippen LogP contribution is -2.32. The topological polar surface area (TPSA) is 94.0 Å². The second kappa shape index (κ2) is 8.58. The van der Waals surface area contributed by atoms with Crippen LogP contribution in [0.25, 0.3) is 11.4 Å². The molecule has 8 heteroatoms. The molecule has 3 heterocycles. The Morgan fingerprint density at radius 1 is 1.03 bits per heavy atom. The van der Waals surface area contributed by atoms with Gasteiger partial charge in [0.25, 0.3) is 5.91 Å². The molecule has 0 saturated heterocycles. The summed E-state index contributed by atoms with van der Waals surface area (Å²) in [6.45, 7) is 1.86. The predicted molar refractivity (Wildman–Crippen MR) is 126 cm³/mol. The Hall–Kier alpha value is -4.46. The fraction of sp³-hybridized carbons (Fsp3) is 0.120. The Morgan fingerprint density at radius 2 is 1.79 bits per heavy atom. The predicted octanol–water partition coefficient (Wildman–Crippen LogP) is 4.28. The van der Waals surface area contributed by atoms with E-state index in [4.69, 9.17) is 9.84 Å². The summed E-state index contributed by atoms with van der Waals surface area (Å²) in [6.07, 6.45) is 1.71. The average Bonchev–Trinajstić information content (AvgIpc) is 3.28. The van der Waals surface area contributed by atoms with Gasteiger partial charge in [-0.15, -0.1) is 5.10 Å². The molecule has 5 rings (SSSR count). The highest BCUT2D eigenvalue weighted by molar-refractivity contribution is 6.05. The highest BCUT2D eigenvalue weighted by Crippen LogP contribution is 2.36. The lowest BCUT2D eigenvalue weighted by Gasteiger charge is -2.28. The Bertz CT molecular complexity index is 1310. The Morgan fingerprint density at radius 3 is 2.48 bits per heavy atom. The summed E-state index contributed by atoms with van der Waals surface area (Å²) < 4.78 is 6.96. The van der Waals surface area contributed by atoms with Crippen LogP contribution < -0.4 is 15.4 Å². The number of hydrogen-bond donors (Lipinski definition) is 2. The molecule has 1 unspecified atom stereocenters. The van der Waals surface area contributed by atoms with Gasteiger partial charge in [0.2, 0.25) is 5.95 Å². The third-order valence-electron chi connectivity index (χ3n) is 5.45. The average molecular weight is 438 g/mol. The fourth-order valence-electron chi connectivity index (χ4n) is 3.84. The summed E-state index contributed by atoms with van der Waals surface area (Å²) in [5.74, 6) is 1.61. The zero-order chi connectivity index (χ0) is 22.8. The summed E-state index contributed by atoms with van der Waals surface area (Å²) >= 11 is 0. The fourth-order valence-corrected chi connectivity index (χ4v) is 3.84. The minimum absolute atomic E-state index is 0.228. The third kappa shape index (κ3) is 3.94. The van der Waals surface area contributed by atoms with Gasteiger partial charge in [-0.3, -0.25) is 9.78 Å². The molecule has 1 aliphatic rings. The molecule has 0 fully saturated rings. The van der Waals surface area contributed by atoms with E-state index in [2.05, 4.69) is 20.6 Å². The summed E-state index contributed by atoms with van der Waals surface area (Å²) in [4.78, 5) is 22.6. The SMILES string of the molecule is COc1ccc(-c2nc3n(n2)C(c2ccccn2)C(C(=O)Nc2ccccc2)=C(C)N3)cc1. The second-order valence-electron chi connectivity index (χ2n) is 7.57. The quantitative estimate of drug-likeness (QED) is 0.483. The zero-order valence-electron chi connectivity index (χ0n) is 18.2. The van der Waals surface area contributed by atoms with Crippen LogP contribution in [0.1, 0.15) is 18.7 Å². The summed E-state index contributed by atoms with van der Waals surface area (Å²) in [7, 11) is 1.63. The third-order valence-corrected chi connectivity index (χ3v) is 5.45. The molecule has 1 atom stereocenters. The number of fused-ring (bicyclic) bond motifs is 1. The molecule has 0 bridgehead atoms. The van der Waals surface area contributed by atoms with Gasteiger partial charge < -0.3 is 15.4 Å². The van der Waals surface area contributed by atoms with E-state index in [0.29, 0.717) is 34.4 Å². The first-order valence-corrected chi connectivity index (χ1v) is 10.5. The van der Waals surface area contributed by atoms with Gasteiger partial charge in [-0.05, 0) is 55.5 Å². The van der Waals surface area contributed by atoms with E-state index >= 15 is 0 Å². The van der Waals surface area contributed by atoms with Gasteiger partial charge >= 0.3 is 0 Å². The van der Waals surface area contributed by atoms with Crippen LogP contribution in [0.15, 0.2) is 90.3 Å². The molecule has 33 heavy (non-hydrogen) atoms. The second-order valence-corrected chi connectivity index (χ2v) is 7.57. The molecule has 0 spiro atoms. The highest BCUT2D eigenvalue weighted by atomic mass is 16.5. The molecular weight excluding hydrogens is 416 g/mol. The lowest BCUT2D eigenvalue weighted by molar-refractivity contribution is -0.113. The van der Waals surface area contributed by atoms with Gasteiger partial charge in [0.05, 0.1) is 18.4 Å². The lowest BCUT2D eigenvalue weighted by atomic mass is 9.98. The number of rotatable bonds is 5. The summed E-state index contributed by atoms with van der Waals surface area (Å²) in [5, 5.41) is 11.0. The maximum Gasteiger partial charge on any atom is 0.255 e. The molecule has 2 N–H and O–H groups in total. The summed E-state index contributed by atoms with van der Waals surface area (Å²) in [6, 6.07) is 22.0. The monoisotopic (exact) mass is 438 g/mol. The van der Waals surface area contributed by atoms with Crippen molar-refractivity contribution in [1.82, 2.24) is 19.7 Å². The van der Waals surface area contributed by atoms with Gasteiger partial charge in [0.1, 0.15) is 11.8 Å². The first-order chi connectivity index (χ1) is 16.1. The van der Waals surface area contributed by atoms with E-state index in [1.807, 2.05) is 79.7 Å². The minimum Gasteiger partial charge on any atom is -0.497 e. The van der Waals surface area contributed by atoms with Gasteiger partial charge in [-0.1, -0.05) is 24.3 Å². The van der Waals surface area contributed by atoms with E-state index in [9.17, 15) is 4.79 Å². The number of ether oxygens (including phenoxy) is 1. The Balaban J connectivity index is 1.57. The molecular formula is C25H22N6O2. The number of methoxy groups -OCH3 is 1. The first-order valence-electron chi connectivity index (χ1n) is 10.5. The molecule has 0 aliphatic carbocycles. The van der Waals surface area contributed by atoms with Crippen LogP contribution in [0.4, 0.5) is 11.6 Å². The molecule has 4 aromatic rings. The minimum atomic E-state index is -0.536. The van der Waals surface area contributed by atoms with E-state index in [1.165, 1.54) is 0 Å². The number of nitrogens with one attached hydrogen (secondary N) is 2. The highest BCUT2D eigenvalue weighted by Gasteiger charge is 2.35. The van der Waals surface area contributed by atoms with E-state index < -0.39 is 6.04 Å². The van der Waals surface area contributed by atoms with Gasteiger partial charge in [-0.25, -0.2) is 4.68 Å². The maximum absolute atomic E-state index is 13.4. The number of carbonyl (C=O) groups is 1. The standard InChI is InChI=1S/C25H22N6O2/c1-16-21(24(32)28-18-8-4-3-5-9-18)22(20-10-6-7-15-26-20)31-25(27-16)29-23(30-31)17-11-13-19(33-2)14-12-17/h3-15,22H,1-2H3,(H,28,32)(H,27,29,30). The van der Waals surface area contributed by atoms with Gasteiger partial charge in [0.15, 0.2) is 5.82 Å². The van der Waals surface area contributed by atoms with Crippen molar-refractivity contribution in [2.75, 3.05) is 17.7 Å². The van der Waals surface area contributed by atoms with Crippen molar-refractivity contribution in [3.8, 4) is 17.1 Å². The van der Waals surface area contributed by atoms with Crippen molar-refractivity contribution in [2.45, 2.75) is 13.0 Å². The van der Waals surface area contributed by atoms with Crippen LogP contribution in [0, 0.1) is 0 Å². The first kappa shape index (κ1) is 20.4. The number of para-hydroxylation sites is 1. The van der Waals surface area contributed by atoms with Crippen molar-refractivity contribution < 1.29 is 9.53 Å². The number of aromatic nitrogens is 4. The van der Waals surface area contributed by atoms with Crippen molar-refractivity contribution in [1.29, 1.82) is 0 Å². The number of benzene rings is 2. The van der Waals surface area contributed by atoms with E-state index in [-0.39, 0.29) is 5.91 Å². The molecule has 164 valence electrons. The van der Waals surface area contributed by atoms with Crippen LogP contribution in [0.3, 0.4) is 0 Å². The Kier molecular flexibility index (Phi) is 5.32. The number of nitrogens with zero attached hydrogens (tertiary/aromatic N) is 4. The zero-order valence-corrected chi connectivity index (χ0v) is 18.2. The van der Waals surface area contributed by atoms with Gasteiger partial charge in [-0.2, -0.15) is 4.98 Å². The number of amides is 1. The van der Waals surface area contributed by atoms with Crippen molar-refractivity contribution in [2.24, 2.45) is 0 Å². The molecule has 1 amide bonds. The smallest absolute Gasteiger partial charge is 0.255 e. The number of pyridine rings is 1. The van der Waals surface area contributed by atoms with Crippen LogP contribution >= 0.6 is 0 Å². The summed E-state index contributed by atoms with van der Waals surface area (Å²) in [5.41, 5.74) is 3.47. The van der Waals surface area contributed by atoms with Crippen molar-refractivity contribution in [3.63, 3.8) is 0 Å². The number of anilines is 2. The number of hydrogen-bond acceptors (Lipinski definition) is 6. The Labute approximate surface area is 191 Å². The molecule has 0 saturated carbocycles. The van der Waals surface area contributed by atoms with Crippen LogP contribution in [-0.2, 0) is 4.79 Å². The molecule has 0 radical (unpaired) electrons. The van der Waals surface area contributed by atoms with Crippen LogP contribution in [0.2, 0.25) is 0 Å². The molecule has 2 aromatic heterocycles. The number of carbonyl (C=O) groups excluding carboxylic acids is 1. The molecule has 1 aliphatic heterocycles. The van der Waals surface area contributed by atoms with Crippen molar-refractivity contribution in [3.05, 3.63) is 96.0 Å².